The van der Waals surface area contributed by atoms with E-state index >= 15 is 0 Å². The van der Waals surface area contributed by atoms with E-state index in [9.17, 15) is 0 Å². The quantitative estimate of drug-likeness (QED) is 0.732. The number of nitrogens with two attached hydrogens (primary N) is 1. The van der Waals surface area contributed by atoms with Gasteiger partial charge in [0.2, 0.25) is 0 Å². The molecule has 5 heteroatoms. The molecule has 0 aliphatic heterocycles. The first-order chi connectivity index (χ1) is 6.13. The number of hydrogen-bond donors (Lipinski definition) is 1. The Morgan fingerprint density at radius 1 is 1.62 bits per heavy atom. The van der Waals surface area contributed by atoms with Gasteiger partial charge in [-0.25, -0.2) is 4.68 Å². The molecule has 5 nitrogen and oxygen atoms in total. The van der Waals surface area contributed by atoms with E-state index in [4.69, 9.17) is 10.5 Å². The zero-order valence-electron chi connectivity index (χ0n) is 8.27. The summed E-state index contributed by atoms with van der Waals surface area (Å²) in [4.78, 5) is 0. The van der Waals surface area contributed by atoms with Gasteiger partial charge in [0.15, 0.2) is 0 Å². The third-order valence-electron chi connectivity index (χ3n) is 1.87. The van der Waals surface area contributed by atoms with Crippen molar-refractivity contribution in [2.45, 2.75) is 32.5 Å². The molecule has 1 heterocycles. The van der Waals surface area contributed by atoms with Crippen molar-refractivity contribution in [3.05, 3.63) is 11.9 Å². The number of hydrogen-bond acceptors (Lipinski definition) is 4. The van der Waals surface area contributed by atoms with Gasteiger partial charge in [-0.1, -0.05) is 5.21 Å². The highest BCUT2D eigenvalue weighted by molar-refractivity contribution is 4.97. The molecule has 0 saturated carbocycles. The molecule has 2 N–H and O–H groups in total. The highest BCUT2D eigenvalue weighted by atomic mass is 16.5. The standard InChI is InChI=1S/C8H16N4O/c1-6(13-3)4-12-5-8(7(2)9)10-11-12/h5-7H,4,9H2,1-3H3. The molecule has 0 radical (unpaired) electrons. The Hall–Kier alpha value is -0.940. The van der Waals surface area contributed by atoms with Crippen LogP contribution in [-0.2, 0) is 11.3 Å². The van der Waals surface area contributed by atoms with Crippen molar-refractivity contribution in [2.24, 2.45) is 5.73 Å². The lowest BCUT2D eigenvalue weighted by atomic mass is 10.3. The molecular formula is C8H16N4O. The number of methoxy groups -OCH3 is 1. The lowest BCUT2D eigenvalue weighted by molar-refractivity contribution is 0.0993. The van der Waals surface area contributed by atoms with Crippen LogP contribution < -0.4 is 5.73 Å². The maximum Gasteiger partial charge on any atom is 0.0991 e. The van der Waals surface area contributed by atoms with Crippen molar-refractivity contribution < 1.29 is 4.74 Å². The smallest absolute Gasteiger partial charge is 0.0991 e. The minimum atomic E-state index is -0.0633. The fourth-order valence-corrected chi connectivity index (χ4v) is 0.949. The second-order valence-electron chi connectivity index (χ2n) is 3.20. The van der Waals surface area contributed by atoms with Gasteiger partial charge in [-0.3, -0.25) is 0 Å². The largest absolute Gasteiger partial charge is 0.380 e. The number of nitrogens with zero attached hydrogens (tertiary/aromatic N) is 3. The predicted molar refractivity (Wildman–Crippen MR) is 49.1 cm³/mol. The molecule has 13 heavy (non-hydrogen) atoms. The summed E-state index contributed by atoms with van der Waals surface area (Å²) in [5.74, 6) is 0. The van der Waals surface area contributed by atoms with Gasteiger partial charge in [0.1, 0.15) is 0 Å². The maximum absolute atomic E-state index is 5.64. The lowest BCUT2D eigenvalue weighted by Gasteiger charge is -2.07. The Morgan fingerprint density at radius 3 is 2.77 bits per heavy atom. The molecule has 2 atom stereocenters. The molecule has 1 aromatic rings. The van der Waals surface area contributed by atoms with Crippen molar-refractivity contribution >= 4 is 0 Å². The molecule has 74 valence electrons. The molecule has 0 amide bonds. The van der Waals surface area contributed by atoms with Gasteiger partial charge in [0, 0.05) is 13.2 Å². The summed E-state index contributed by atoms with van der Waals surface area (Å²) in [6, 6.07) is -0.0633. The minimum Gasteiger partial charge on any atom is -0.380 e. The zero-order chi connectivity index (χ0) is 9.84. The van der Waals surface area contributed by atoms with Crippen LogP contribution in [0.2, 0.25) is 0 Å². The van der Waals surface area contributed by atoms with E-state index in [0.717, 1.165) is 5.69 Å². The van der Waals surface area contributed by atoms with Gasteiger partial charge in [-0.2, -0.15) is 0 Å². The molecule has 0 saturated heterocycles. The van der Waals surface area contributed by atoms with Crippen molar-refractivity contribution in [3.8, 4) is 0 Å². The Kier molecular flexibility index (Phi) is 3.39. The maximum atomic E-state index is 5.64. The summed E-state index contributed by atoms with van der Waals surface area (Å²) < 4.78 is 6.85. The summed E-state index contributed by atoms with van der Waals surface area (Å²) in [7, 11) is 1.67. The van der Waals surface area contributed by atoms with Gasteiger partial charge in [0.05, 0.1) is 24.5 Å². The normalized spacial score (nSPS) is 15.7. The molecule has 0 aliphatic carbocycles. The number of ether oxygens (including phenoxy) is 1. The van der Waals surface area contributed by atoms with Crippen LogP contribution in [0.3, 0.4) is 0 Å². The molecule has 1 rings (SSSR count). The molecule has 0 aromatic carbocycles. The van der Waals surface area contributed by atoms with E-state index in [1.807, 2.05) is 20.0 Å². The topological polar surface area (TPSA) is 66.0 Å². The number of aromatic nitrogens is 3. The summed E-state index contributed by atoms with van der Waals surface area (Å²) in [5.41, 5.74) is 6.45. The van der Waals surface area contributed by atoms with Crippen molar-refractivity contribution in [2.75, 3.05) is 7.11 Å². The van der Waals surface area contributed by atoms with Crippen molar-refractivity contribution in [3.63, 3.8) is 0 Å². The zero-order valence-corrected chi connectivity index (χ0v) is 8.27. The molecule has 0 fully saturated rings. The van der Waals surface area contributed by atoms with E-state index < -0.39 is 0 Å². The average Bonchev–Trinajstić information content (AvgIpc) is 2.52. The van der Waals surface area contributed by atoms with Crippen LogP contribution in [0.1, 0.15) is 25.6 Å². The fourth-order valence-electron chi connectivity index (χ4n) is 0.949. The van der Waals surface area contributed by atoms with Gasteiger partial charge in [0.25, 0.3) is 0 Å². The van der Waals surface area contributed by atoms with E-state index in [0.29, 0.717) is 6.54 Å². The molecule has 0 bridgehead atoms. The van der Waals surface area contributed by atoms with Crippen molar-refractivity contribution in [1.82, 2.24) is 15.0 Å². The Bertz CT molecular complexity index is 258. The highest BCUT2D eigenvalue weighted by Crippen LogP contribution is 2.04. The monoisotopic (exact) mass is 184 g/mol. The van der Waals surface area contributed by atoms with Gasteiger partial charge < -0.3 is 10.5 Å². The first kappa shape index (κ1) is 10.1. The van der Waals surface area contributed by atoms with Gasteiger partial charge in [-0.05, 0) is 13.8 Å². The highest BCUT2D eigenvalue weighted by Gasteiger charge is 2.07. The summed E-state index contributed by atoms with van der Waals surface area (Å²) in [5, 5.41) is 7.87. The summed E-state index contributed by atoms with van der Waals surface area (Å²) in [6.07, 6.45) is 1.99. The Labute approximate surface area is 77.9 Å². The van der Waals surface area contributed by atoms with E-state index in [1.165, 1.54) is 0 Å². The summed E-state index contributed by atoms with van der Waals surface area (Å²) >= 11 is 0. The van der Waals surface area contributed by atoms with Crippen LogP contribution in [0.25, 0.3) is 0 Å². The first-order valence-corrected chi connectivity index (χ1v) is 4.32. The van der Waals surface area contributed by atoms with Crippen molar-refractivity contribution in [1.29, 1.82) is 0 Å². The first-order valence-electron chi connectivity index (χ1n) is 4.32. The SMILES string of the molecule is COC(C)Cn1cc(C(C)N)nn1. The van der Waals surface area contributed by atoms with E-state index in [2.05, 4.69) is 10.3 Å². The van der Waals surface area contributed by atoms with E-state index in [-0.39, 0.29) is 12.1 Å². The summed E-state index contributed by atoms with van der Waals surface area (Å²) in [6.45, 7) is 4.57. The van der Waals surface area contributed by atoms with Gasteiger partial charge >= 0.3 is 0 Å². The fraction of sp³-hybridized carbons (Fsp3) is 0.750. The van der Waals surface area contributed by atoms with Crippen LogP contribution >= 0.6 is 0 Å². The minimum absolute atomic E-state index is 0.0633. The van der Waals surface area contributed by atoms with Crippen LogP contribution in [-0.4, -0.2) is 28.2 Å². The van der Waals surface area contributed by atoms with Gasteiger partial charge in [-0.15, -0.1) is 5.10 Å². The average molecular weight is 184 g/mol. The second kappa shape index (κ2) is 4.34. The lowest BCUT2D eigenvalue weighted by Crippen LogP contribution is -2.15. The molecule has 0 aliphatic rings. The van der Waals surface area contributed by atoms with Crippen LogP contribution in [0.4, 0.5) is 0 Å². The Balaban J connectivity index is 2.58. The third-order valence-corrected chi connectivity index (χ3v) is 1.87. The third kappa shape index (κ3) is 2.78. The molecular weight excluding hydrogens is 168 g/mol. The van der Waals surface area contributed by atoms with E-state index in [1.54, 1.807) is 11.8 Å². The number of rotatable bonds is 4. The Morgan fingerprint density at radius 2 is 2.31 bits per heavy atom. The van der Waals surface area contributed by atoms with Crippen LogP contribution in [0.15, 0.2) is 6.20 Å². The molecule has 2 unspecified atom stereocenters. The molecule has 1 aromatic heterocycles. The molecule has 0 spiro atoms. The van der Waals surface area contributed by atoms with Crippen LogP contribution in [0, 0.1) is 0 Å². The predicted octanol–water partition coefficient (Wildman–Crippen LogP) is 0.333. The van der Waals surface area contributed by atoms with Crippen LogP contribution in [0.5, 0.6) is 0 Å². The second-order valence-corrected chi connectivity index (χ2v) is 3.20.